The Morgan fingerprint density at radius 3 is 2.65 bits per heavy atom. The van der Waals surface area contributed by atoms with E-state index < -0.39 is 0 Å². The molecule has 1 aliphatic carbocycles. The Kier molecular flexibility index (Phi) is 4.18. The number of aryl methyl sites for hydroxylation is 1. The van der Waals surface area contributed by atoms with Crippen LogP contribution in [0.2, 0.25) is 0 Å². The van der Waals surface area contributed by atoms with Crippen LogP contribution in [0.15, 0.2) is 6.07 Å². The van der Waals surface area contributed by atoms with Gasteiger partial charge in [-0.05, 0) is 31.2 Å². The second kappa shape index (κ2) is 5.56. The number of aromatic nitrogens is 2. The van der Waals surface area contributed by atoms with Crippen LogP contribution < -0.4 is 5.32 Å². The van der Waals surface area contributed by atoms with Crippen LogP contribution >= 0.6 is 0 Å². The molecule has 1 atom stereocenters. The van der Waals surface area contributed by atoms with Crippen molar-refractivity contribution in [2.24, 2.45) is 13.0 Å². The fourth-order valence-corrected chi connectivity index (χ4v) is 2.35. The normalized spacial score (nSPS) is 17.1. The average Bonchev–Trinajstić information content (AvgIpc) is 3.10. The number of aliphatic hydroxyl groups excluding tert-OH is 1. The number of hydrogen-bond donors (Lipinski definition) is 2. The quantitative estimate of drug-likeness (QED) is 0.860. The maximum absolute atomic E-state index is 12.4. The molecule has 5 heteroatoms. The number of carbonyl (C=O) groups excluding carboxylic acids is 1. The standard InChI is InChI=1S/C15H25N3O2/c1-15(2,3)13-9-12(18(4)17-13)14(20)16-11(7-8-19)10-5-6-10/h9-11,19H,5-8H2,1-4H3,(H,16,20). The van der Waals surface area contributed by atoms with E-state index in [2.05, 4.69) is 31.2 Å². The van der Waals surface area contributed by atoms with Crippen molar-refractivity contribution < 1.29 is 9.90 Å². The van der Waals surface area contributed by atoms with Crippen molar-refractivity contribution in [3.05, 3.63) is 17.5 Å². The van der Waals surface area contributed by atoms with Crippen molar-refractivity contribution in [1.29, 1.82) is 0 Å². The first-order chi connectivity index (χ1) is 9.32. The molecule has 1 heterocycles. The Bertz CT molecular complexity index is 484. The van der Waals surface area contributed by atoms with Crippen molar-refractivity contribution in [3.63, 3.8) is 0 Å². The van der Waals surface area contributed by atoms with Crippen molar-refractivity contribution in [1.82, 2.24) is 15.1 Å². The molecule has 2 N–H and O–H groups in total. The van der Waals surface area contributed by atoms with Gasteiger partial charge in [0.05, 0.1) is 5.69 Å². The van der Waals surface area contributed by atoms with E-state index in [1.165, 1.54) is 0 Å². The van der Waals surface area contributed by atoms with Gasteiger partial charge in [-0.2, -0.15) is 5.10 Å². The number of nitrogens with zero attached hydrogens (tertiary/aromatic N) is 2. The lowest BCUT2D eigenvalue weighted by Gasteiger charge is -2.17. The fraction of sp³-hybridized carbons (Fsp3) is 0.733. The van der Waals surface area contributed by atoms with Crippen LogP contribution in [0, 0.1) is 5.92 Å². The number of hydrogen-bond acceptors (Lipinski definition) is 3. The number of carbonyl (C=O) groups is 1. The zero-order valence-corrected chi connectivity index (χ0v) is 12.8. The zero-order chi connectivity index (χ0) is 14.9. The second-order valence-corrected chi connectivity index (χ2v) is 6.72. The van der Waals surface area contributed by atoms with Crippen molar-refractivity contribution in [3.8, 4) is 0 Å². The molecule has 1 aliphatic rings. The van der Waals surface area contributed by atoms with E-state index >= 15 is 0 Å². The minimum Gasteiger partial charge on any atom is -0.396 e. The summed E-state index contributed by atoms with van der Waals surface area (Å²) in [6.45, 7) is 6.35. The summed E-state index contributed by atoms with van der Waals surface area (Å²) in [6.07, 6.45) is 2.91. The van der Waals surface area contributed by atoms with Gasteiger partial charge in [-0.1, -0.05) is 20.8 Å². The average molecular weight is 279 g/mol. The van der Waals surface area contributed by atoms with Crippen LogP contribution in [0.25, 0.3) is 0 Å². The van der Waals surface area contributed by atoms with Gasteiger partial charge >= 0.3 is 0 Å². The van der Waals surface area contributed by atoms with Gasteiger partial charge in [-0.25, -0.2) is 0 Å². The number of amides is 1. The van der Waals surface area contributed by atoms with Gasteiger partial charge in [0.15, 0.2) is 0 Å². The Hall–Kier alpha value is -1.36. The van der Waals surface area contributed by atoms with E-state index in [0.717, 1.165) is 18.5 Å². The summed E-state index contributed by atoms with van der Waals surface area (Å²) >= 11 is 0. The molecule has 0 radical (unpaired) electrons. The van der Waals surface area contributed by atoms with Crippen LogP contribution in [0.5, 0.6) is 0 Å². The van der Waals surface area contributed by atoms with Crippen LogP contribution in [0.1, 0.15) is 56.2 Å². The third-order valence-corrected chi connectivity index (χ3v) is 3.83. The summed E-state index contributed by atoms with van der Waals surface area (Å²) in [5, 5.41) is 16.6. The summed E-state index contributed by atoms with van der Waals surface area (Å²) in [6, 6.07) is 1.94. The highest BCUT2D eigenvalue weighted by atomic mass is 16.3. The highest BCUT2D eigenvalue weighted by Crippen LogP contribution is 2.34. The van der Waals surface area contributed by atoms with E-state index in [9.17, 15) is 4.79 Å². The number of rotatable bonds is 5. The first-order valence-electron chi connectivity index (χ1n) is 7.29. The summed E-state index contributed by atoms with van der Waals surface area (Å²) in [5.74, 6) is 0.433. The van der Waals surface area contributed by atoms with Gasteiger partial charge < -0.3 is 10.4 Å². The summed E-state index contributed by atoms with van der Waals surface area (Å²) in [5.41, 5.74) is 1.42. The molecular weight excluding hydrogens is 254 g/mol. The third-order valence-electron chi connectivity index (χ3n) is 3.83. The first kappa shape index (κ1) is 15.0. The molecule has 1 amide bonds. The van der Waals surface area contributed by atoms with E-state index in [1.807, 2.05) is 6.07 Å². The summed E-state index contributed by atoms with van der Waals surface area (Å²) in [7, 11) is 1.79. The molecule has 0 aromatic carbocycles. The number of nitrogens with one attached hydrogen (secondary N) is 1. The Balaban J connectivity index is 2.10. The van der Waals surface area contributed by atoms with E-state index in [1.54, 1.807) is 11.7 Å². The molecule has 1 saturated carbocycles. The zero-order valence-electron chi connectivity index (χ0n) is 12.8. The molecule has 1 aromatic rings. The van der Waals surface area contributed by atoms with Gasteiger partial charge in [0.25, 0.3) is 5.91 Å². The van der Waals surface area contributed by atoms with Crippen molar-refractivity contribution in [2.75, 3.05) is 6.61 Å². The molecule has 1 aromatic heterocycles. The minimum absolute atomic E-state index is 0.0721. The van der Waals surface area contributed by atoms with Crippen LogP contribution in [0.3, 0.4) is 0 Å². The van der Waals surface area contributed by atoms with E-state index in [4.69, 9.17) is 5.11 Å². The lowest BCUT2D eigenvalue weighted by atomic mass is 9.92. The monoisotopic (exact) mass is 279 g/mol. The summed E-state index contributed by atoms with van der Waals surface area (Å²) in [4.78, 5) is 12.4. The minimum atomic E-state index is -0.0964. The molecule has 5 nitrogen and oxygen atoms in total. The molecule has 20 heavy (non-hydrogen) atoms. The Labute approximate surface area is 120 Å². The van der Waals surface area contributed by atoms with Crippen LogP contribution in [-0.4, -0.2) is 33.4 Å². The summed E-state index contributed by atoms with van der Waals surface area (Å²) < 4.78 is 1.64. The maximum atomic E-state index is 12.4. The lowest BCUT2D eigenvalue weighted by Crippen LogP contribution is -2.38. The highest BCUT2D eigenvalue weighted by Gasteiger charge is 2.32. The fourth-order valence-electron chi connectivity index (χ4n) is 2.35. The van der Waals surface area contributed by atoms with Crippen molar-refractivity contribution >= 4 is 5.91 Å². The third kappa shape index (κ3) is 3.39. The van der Waals surface area contributed by atoms with Crippen molar-refractivity contribution in [2.45, 2.75) is 51.5 Å². The molecule has 1 fully saturated rings. The molecular formula is C15H25N3O2. The van der Waals surface area contributed by atoms with Crippen LogP contribution in [-0.2, 0) is 12.5 Å². The van der Waals surface area contributed by atoms with Crippen LogP contribution in [0.4, 0.5) is 0 Å². The van der Waals surface area contributed by atoms with Gasteiger partial charge in [-0.3, -0.25) is 9.48 Å². The SMILES string of the molecule is Cn1nc(C(C)(C)C)cc1C(=O)NC(CCO)C1CC1. The van der Waals surface area contributed by atoms with Gasteiger partial charge in [0.2, 0.25) is 0 Å². The molecule has 0 saturated heterocycles. The largest absolute Gasteiger partial charge is 0.396 e. The smallest absolute Gasteiger partial charge is 0.269 e. The number of aliphatic hydroxyl groups is 1. The highest BCUT2D eigenvalue weighted by molar-refractivity contribution is 5.93. The van der Waals surface area contributed by atoms with Gasteiger partial charge in [0.1, 0.15) is 5.69 Å². The van der Waals surface area contributed by atoms with Gasteiger partial charge in [-0.15, -0.1) is 0 Å². The van der Waals surface area contributed by atoms with Gasteiger partial charge in [0, 0.05) is 25.1 Å². The van der Waals surface area contributed by atoms with E-state index in [0.29, 0.717) is 18.0 Å². The first-order valence-corrected chi connectivity index (χ1v) is 7.29. The molecule has 0 spiro atoms. The predicted molar refractivity (Wildman–Crippen MR) is 77.6 cm³/mol. The predicted octanol–water partition coefficient (Wildman–Crippen LogP) is 1.61. The topological polar surface area (TPSA) is 67.2 Å². The Morgan fingerprint density at radius 1 is 1.55 bits per heavy atom. The van der Waals surface area contributed by atoms with E-state index in [-0.39, 0.29) is 24.0 Å². The molecule has 112 valence electrons. The lowest BCUT2D eigenvalue weighted by molar-refractivity contribution is 0.0914. The molecule has 0 aliphatic heterocycles. The maximum Gasteiger partial charge on any atom is 0.269 e. The Morgan fingerprint density at radius 2 is 2.20 bits per heavy atom. The molecule has 1 unspecified atom stereocenters. The molecule has 0 bridgehead atoms. The second-order valence-electron chi connectivity index (χ2n) is 6.72. The molecule has 2 rings (SSSR count).